The molecule has 19 heavy (non-hydrogen) atoms. The Balaban J connectivity index is 2.21. The van der Waals surface area contributed by atoms with Gasteiger partial charge in [0.15, 0.2) is 0 Å². The topological polar surface area (TPSA) is 55.6 Å². The highest BCUT2D eigenvalue weighted by atomic mass is 32.2. The monoisotopic (exact) mass is 280 g/mol. The van der Waals surface area contributed by atoms with E-state index in [0.717, 1.165) is 25.3 Å². The van der Waals surface area contributed by atoms with Gasteiger partial charge >= 0.3 is 0 Å². The third kappa shape index (κ3) is 3.15. The molecule has 0 radical (unpaired) electrons. The Morgan fingerprint density at radius 2 is 2.37 bits per heavy atom. The second-order valence-corrected chi connectivity index (χ2v) is 6.02. The maximum absolute atomic E-state index is 12.6. The summed E-state index contributed by atoms with van der Waals surface area (Å²) >= 11 is 1.94. The van der Waals surface area contributed by atoms with Crippen molar-refractivity contribution in [3.63, 3.8) is 0 Å². The van der Waals surface area contributed by atoms with Gasteiger partial charge in [-0.25, -0.2) is 0 Å². The Kier molecular flexibility index (Phi) is 4.58. The third-order valence-electron chi connectivity index (χ3n) is 3.34. The maximum atomic E-state index is 12.6. The fourth-order valence-corrected chi connectivity index (χ4v) is 3.39. The van der Waals surface area contributed by atoms with Gasteiger partial charge in [-0.15, -0.1) is 0 Å². The van der Waals surface area contributed by atoms with Crippen LogP contribution in [-0.2, 0) is 0 Å². The molecule has 1 heterocycles. The van der Waals surface area contributed by atoms with Crippen LogP contribution >= 0.6 is 11.8 Å². The van der Waals surface area contributed by atoms with E-state index in [2.05, 4.69) is 6.92 Å². The Hall–Kier alpha value is -1.36. The van der Waals surface area contributed by atoms with Gasteiger partial charge < -0.3 is 15.4 Å². The fourth-order valence-electron chi connectivity index (χ4n) is 2.21. The van der Waals surface area contributed by atoms with Crippen LogP contribution < -0.4 is 10.5 Å². The van der Waals surface area contributed by atoms with E-state index < -0.39 is 0 Å². The van der Waals surface area contributed by atoms with Gasteiger partial charge in [-0.3, -0.25) is 4.79 Å². The Morgan fingerprint density at radius 3 is 3.05 bits per heavy atom. The molecule has 104 valence electrons. The average Bonchev–Trinajstić information content (AvgIpc) is 2.46. The molecule has 1 aromatic carbocycles. The summed E-state index contributed by atoms with van der Waals surface area (Å²) in [5.74, 6) is 1.60. The van der Waals surface area contributed by atoms with Crippen LogP contribution in [0.2, 0.25) is 0 Å². The first-order valence-electron chi connectivity index (χ1n) is 6.50. The molecule has 1 fully saturated rings. The molecule has 0 aliphatic carbocycles. The van der Waals surface area contributed by atoms with Crippen LogP contribution in [0.25, 0.3) is 0 Å². The van der Waals surface area contributed by atoms with Crippen LogP contribution in [0, 0.1) is 0 Å². The number of methoxy groups -OCH3 is 1. The number of hydrogen-bond acceptors (Lipinski definition) is 4. The summed E-state index contributed by atoms with van der Waals surface area (Å²) in [6, 6.07) is 5.19. The van der Waals surface area contributed by atoms with Gasteiger partial charge in [-0.05, 0) is 24.6 Å². The van der Waals surface area contributed by atoms with Gasteiger partial charge in [-0.1, -0.05) is 6.92 Å². The average molecular weight is 280 g/mol. The molecule has 1 unspecified atom stereocenters. The molecule has 1 aliphatic heterocycles. The number of carbonyl (C=O) groups is 1. The molecule has 1 aliphatic rings. The summed E-state index contributed by atoms with van der Waals surface area (Å²) in [6.07, 6.45) is 1.09. The Labute approximate surface area is 118 Å². The van der Waals surface area contributed by atoms with Crippen molar-refractivity contribution in [2.24, 2.45) is 0 Å². The summed E-state index contributed by atoms with van der Waals surface area (Å²) in [7, 11) is 1.57. The lowest BCUT2D eigenvalue weighted by atomic mass is 10.1. The zero-order chi connectivity index (χ0) is 13.8. The molecule has 4 nitrogen and oxygen atoms in total. The maximum Gasteiger partial charge on any atom is 0.257 e. The van der Waals surface area contributed by atoms with E-state index in [0.29, 0.717) is 22.3 Å². The van der Waals surface area contributed by atoms with Gasteiger partial charge in [0.25, 0.3) is 5.91 Å². The number of hydrogen-bond donors (Lipinski definition) is 1. The molecule has 0 spiro atoms. The second kappa shape index (κ2) is 6.19. The number of benzene rings is 1. The number of nitrogens with two attached hydrogens (primary N) is 1. The highest BCUT2D eigenvalue weighted by molar-refractivity contribution is 8.00. The summed E-state index contributed by atoms with van der Waals surface area (Å²) in [5.41, 5.74) is 6.92. The molecule has 2 N–H and O–H groups in total. The van der Waals surface area contributed by atoms with Crippen molar-refractivity contribution in [1.82, 2.24) is 4.90 Å². The summed E-state index contributed by atoms with van der Waals surface area (Å²) < 4.78 is 5.26. The highest BCUT2D eigenvalue weighted by Gasteiger charge is 2.25. The SMILES string of the molecule is CCC1CN(C(=O)c2cc(N)ccc2OC)CCS1. The molecule has 5 heteroatoms. The molecule has 0 saturated carbocycles. The smallest absolute Gasteiger partial charge is 0.257 e. The number of ether oxygens (including phenoxy) is 1. The van der Waals surface area contributed by atoms with E-state index in [1.54, 1.807) is 25.3 Å². The molecular weight excluding hydrogens is 260 g/mol. The molecule has 1 atom stereocenters. The van der Waals surface area contributed by atoms with Gasteiger partial charge in [0, 0.05) is 29.8 Å². The standard InChI is InChI=1S/C14H20N2O2S/c1-3-11-9-16(6-7-19-11)14(17)12-8-10(15)4-5-13(12)18-2/h4-5,8,11H,3,6-7,9,15H2,1-2H3. The number of carbonyl (C=O) groups excluding carboxylic acids is 1. The van der Waals surface area contributed by atoms with Crippen molar-refractivity contribution in [1.29, 1.82) is 0 Å². The zero-order valence-electron chi connectivity index (χ0n) is 11.4. The van der Waals surface area contributed by atoms with Crippen LogP contribution in [0.4, 0.5) is 5.69 Å². The fraction of sp³-hybridized carbons (Fsp3) is 0.500. The molecule has 0 aromatic heterocycles. The van der Waals surface area contributed by atoms with E-state index in [9.17, 15) is 4.79 Å². The van der Waals surface area contributed by atoms with E-state index in [4.69, 9.17) is 10.5 Å². The normalized spacial score (nSPS) is 19.3. The van der Waals surface area contributed by atoms with Crippen molar-refractivity contribution >= 4 is 23.4 Å². The number of rotatable bonds is 3. The summed E-state index contributed by atoms with van der Waals surface area (Å²) in [5, 5.41) is 0.532. The van der Waals surface area contributed by atoms with Crippen molar-refractivity contribution in [2.75, 3.05) is 31.7 Å². The van der Waals surface area contributed by atoms with Gasteiger partial charge in [-0.2, -0.15) is 11.8 Å². The number of anilines is 1. The first kappa shape index (κ1) is 14.1. The predicted octanol–water partition coefficient (Wildman–Crippen LogP) is 2.25. The first-order valence-corrected chi connectivity index (χ1v) is 7.55. The van der Waals surface area contributed by atoms with Crippen LogP contribution in [0.3, 0.4) is 0 Å². The van der Waals surface area contributed by atoms with Crippen LogP contribution in [-0.4, -0.2) is 42.0 Å². The molecule has 2 rings (SSSR count). The van der Waals surface area contributed by atoms with Crippen molar-refractivity contribution in [3.8, 4) is 5.75 Å². The Bertz CT molecular complexity index is 465. The van der Waals surface area contributed by atoms with Crippen molar-refractivity contribution < 1.29 is 9.53 Å². The highest BCUT2D eigenvalue weighted by Crippen LogP contribution is 2.26. The van der Waals surface area contributed by atoms with E-state index in [-0.39, 0.29) is 5.91 Å². The van der Waals surface area contributed by atoms with Gasteiger partial charge in [0.2, 0.25) is 0 Å². The predicted molar refractivity (Wildman–Crippen MR) is 79.8 cm³/mol. The van der Waals surface area contributed by atoms with Crippen LogP contribution in [0.5, 0.6) is 5.75 Å². The lowest BCUT2D eigenvalue weighted by molar-refractivity contribution is 0.0757. The van der Waals surface area contributed by atoms with Gasteiger partial charge in [0.05, 0.1) is 12.7 Å². The van der Waals surface area contributed by atoms with E-state index in [1.165, 1.54) is 0 Å². The van der Waals surface area contributed by atoms with Crippen LogP contribution in [0.15, 0.2) is 18.2 Å². The lowest BCUT2D eigenvalue weighted by Gasteiger charge is -2.32. The van der Waals surface area contributed by atoms with Crippen LogP contribution in [0.1, 0.15) is 23.7 Å². The molecular formula is C14H20N2O2S. The summed E-state index contributed by atoms with van der Waals surface area (Å²) in [6.45, 7) is 3.75. The number of nitrogen functional groups attached to an aromatic ring is 1. The number of amides is 1. The van der Waals surface area contributed by atoms with Crippen molar-refractivity contribution in [2.45, 2.75) is 18.6 Å². The Morgan fingerprint density at radius 1 is 1.58 bits per heavy atom. The quantitative estimate of drug-likeness (QED) is 0.863. The molecule has 1 aromatic rings. The van der Waals surface area contributed by atoms with Gasteiger partial charge in [0.1, 0.15) is 5.75 Å². The van der Waals surface area contributed by atoms with E-state index >= 15 is 0 Å². The first-order chi connectivity index (χ1) is 9.15. The number of nitrogens with zero attached hydrogens (tertiary/aromatic N) is 1. The number of thioether (sulfide) groups is 1. The lowest BCUT2D eigenvalue weighted by Crippen LogP contribution is -2.41. The molecule has 0 bridgehead atoms. The second-order valence-electron chi connectivity index (χ2n) is 4.61. The zero-order valence-corrected chi connectivity index (χ0v) is 12.2. The minimum atomic E-state index is 0.0166. The third-order valence-corrected chi connectivity index (χ3v) is 4.71. The van der Waals surface area contributed by atoms with Crippen molar-refractivity contribution in [3.05, 3.63) is 23.8 Å². The van der Waals surface area contributed by atoms with E-state index in [1.807, 2.05) is 16.7 Å². The minimum absolute atomic E-state index is 0.0166. The largest absolute Gasteiger partial charge is 0.496 e. The minimum Gasteiger partial charge on any atom is -0.496 e. The summed E-state index contributed by atoms with van der Waals surface area (Å²) in [4.78, 5) is 14.5. The molecule has 1 amide bonds. The molecule has 1 saturated heterocycles.